The number of nitrogens with zero attached hydrogens (tertiary/aromatic N) is 1. The van der Waals surface area contributed by atoms with Crippen LogP contribution in [0.2, 0.25) is 0 Å². The van der Waals surface area contributed by atoms with Crippen molar-refractivity contribution < 1.29 is 14.5 Å². The molecule has 0 aliphatic rings. The molecule has 2 aromatic carbocycles. The maximum Gasteiger partial charge on any atom is 0.271 e. The van der Waals surface area contributed by atoms with Gasteiger partial charge in [0.25, 0.3) is 5.69 Å². The fourth-order valence-corrected chi connectivity index (χ4v) is 2.90. The van der Waals surface area contributed by atoms with Crippen LogP contribution in [0, 0.1) is 24.0 Å². The summed E-state index contributed by atoms with van der Waals surface area (Å²) in [5.74, 6) is 1.57. The Morgan fingerprint density at radius 3 is 2.60 bits per heavy atom. The number of nitro groups is 1. The molecule has 0 fully saturated rings. The second-order valence-corrected chi connectivity index (χ2v) is 6.69. The van der Waals surface area contributed by atoms with Crippen molar-refractivity contribution in [3.8, 4) is 5.75 Å². The van der Waals surface area contributed by atoms with Crippen molar-refractivity contribution in [1.82, 2.24) is 0 Å². The molecule has 2 aromatic rings. The number of anilines is 1. The molecular formula is C18H20N2O4S. The molecule has 0 unspecified atom stereocenters. The molecule has 1 amide bonds. The van der Waals surface area contributed by atoms with Crippen molar-refractivity contribution in [2.45, 2.75) is 13.8 Å². The van der Waals surface area contributed by atoms with Crippen LogP contribution in [-0.2, 0) is 4.79 Å². The standard InChI is InChI=1S/C18H20N2O4S/c1-13-8-14(2)10-17(9-13)24-6-7-25-12-18(21)19-15-4-3-5-16(11-15)20(22)23/h3-5,8-11H,6-7,12H2,1-2H3,(H,19,21). The molecule has 0 aromatic heterocycles. The zero-order valence-electron chi connectivity index (χ0n) is 14.2. The summed E-state index contributed by atoms with van der Waals surface area (Å²) in [5.41, 5.74) is 2.68. The number of amides is 1. The first-order valence-corrected chi connectivity index (χ1v) is 8.92. The van der Waals surface area contributed by atoms with E-state index in [1.807, 2.05) is 26.0 Å². The van der Waals surface area contributed by atoms with Crippen molar-refractivity contribution >= 4 is 29.0 Å². The Morgan fingerprint density at radius 2 is 1.92 bits per heavy atom. The van der Waals surface area contributed by atoms with E-state index in [4.69, 9.17) is 4.74 Å². The Morgan fingerprint density at radius 1 is 1.20 bits per heavy atom. The summed E-state index contributed by atoms with van der Waals surface area (Å²) in [7, 11) is 0. The number of rotatable bonds is 8. The largest absolute Gasteiger partial charge is 0.493 e. The quantitative estimate of drug-likeness (QED) is 0.438. The fraction of sp³-hybridized carbons (Fsp3) is 0.278. The summed E-state index contributed by atoms with van der Waals surface area (Å²) in [6.45, 7) is 4.55. The van der Waals surface area contributed by atoms with Gasteiger partial charge in [0, 0.05) is 23.6 Å². The average molecular weight is 360 g/mol. The highest BCUT2D eigenvalue weighted by atomic mass is 32.2. The number of aryl methyl sites for hydroxylation is 2. The van der Waals surface area contributed by atoms with Crippen LogP contribution in [0.4, 0.5) is 11.4 Å². The van der Waals surface area contributed by atoms with E-state index in [2.05, 4.69) is 11.4 Å². The first-order valence-electron chi connectivity index (χ1n) is 7.77. The van der Waals surface area contributed by atoms with Gasteiger partial charge in [0.1, 0.15) is 5.75 Å². The summed E-state index contributed by atoms with van der Waals surface area (Å²) in [6.07, 6.45) is 0. The molecule has 0 spiro atoms. The van der Waals surface area contributed by atoms with Crippen molar-refractivity contribution in [1.29, 1.82) is 0 Å². The van der Waals surface area contributed by atoms with Crippen LogP contribution in [0.5, 0.6) is 5.75 Å². The number of carbonyl (C=O) groups excluding carboxylic acids is 1. The predicted molar refractivity (Wildman–Crippen MR) is 100 cm³/mol. The molecule has 0 aliphatic heterocycles. The van der Waals surface area contributed by atoms with Gasteiger partial charge in [-0.25, -0.2) is 0 Å². The molecule has 0 saturated carbocycles. The summed E-state index contributed by atoms with van der Waals surface area (Å²) in [6, 6.07) is 11.9. The lowest BCUT2D eigenvalue weighted by Crippen LogP contribution is -2.15. The van der Waals surface area contributed by atoms with Crippen LogP contribution in [-0.4, -0.2) is 28.9 Å². The smallest absolute Gasteiger partial charge is 0.271 e. The Bertz CT molecular complexity index is 744. The third kappa shape index (κ3) is 6.46. The van der Waals surface area contributed by atoms with E-state index in [1.165, 1.54) is 23.9 Å². The molecule has 132 valence electrons. The van der Waals surface area contributed by atoms with Gasteiger partial charge in [0.05, 0.1) is 17.3 Å². The van der Waals surface area contributed by atoms with Gasteiger partial charge >= 0.3 is 0 Å². The Hall–Kier alpha value is -2.54. The molecule has 0 bridgehead atoms. The number of thioether (sulfide) groups is 1. The minimum atomic E-state index is -0.491. The number of hydrogen-bond donors (Lipinski definition) is 1. The lowest BCUT2D eigenvalue weighted by atomic mass is 10.1. The molecular weight excluding hydrogens is 340 g/mol. The van der Waals surface area contributed by atoms with E-state index < -0.39 is 4.92 Å². The first-order chi connectivity index (χ1) is 11.9. The van der Waals surface area contributed by atoms with E-state index in [0.29, 0.717) is 18.0 Å². The maximum absolute atomic E-state index is 11.9. The molecule has 6 nitrogen and oxygen atoms in total. The molecule has 0 saturated heterocycles. The number of ether oxygens (including phenoxy) is 1. The van der Waals surface area contributed by atoms with Crippen LogP contribution < -0.4 is 10.1 Å². The number of carbonyl (C=O) groups is 1. The first kappa shape index (κ1) is 18.8. The second kappa shape index (κ2) is 9.08. The van der Waals surface area contributed by atoms with Gasteiger partial charge < -0.3 is 10.1 Å². The average Bonchev–Trinajstić information content (AvgIpc) is 2.54. The van der Waals surface area contributed by atoms with E-state index in [-0.39, 0.29) is 17.3 Å². The topological polar surface area (TPSA) is 81.5 Å². The predicted octanol–water partition coefficient (Wildman–Crippen LogP) is 3.96. The third-order valence-corrected chi connectivity index (χ3v) is 4.19. The van der Waals surface area contributed by atoms with Crippen LogP contribution in [0.25, 0.3) is 0 Å². The molecule has 0 heterocycles. The van der Waals surface area contributed by atoms with Gasteiger partial charge in [0.15, 0.2) is 0 Å². The van der Waals surface area contributed by atoms with Crippen molar-refractivity contribution in [2.24, 2.45) is 0 Å². The molecule has 7 heteroatoms. The molecule has 1 N–H and O–H groups in total. The highest BCUT2D eigenvalue weighted by molar-refractivity contribution is 7.99. The summed E-state index contributed by atoms with van der Waals surface area (Å²) >= 11 is 1.45. The summed E-state index contributed by atoms with van der Waals surface area (Å²) < 4.78 is 5.68. The molecule has 0 aliphatic carbocycles. The van der Waals surface area contributed by atoms with E-state index in [9.17, 15) is 14.9 Å². The van der Waals surface area contributed by atoms with Crippen molar-refractivity contribution in [3.05, 3.63) is 63.7 Å². The van der Waals surface area contributed by atoms with Gasteiger partial charge in [-0.2, -0.15) is 0 Å². The lowest BCUT2D eigenvalue weighted by molar-refractivity contribution is -0.384. The summed E-state index contributed by atoms with van der Waals surface area (Å²) in [5, 5.41) is 13.4. The molecule has 0 radical (unpaired) electrons. The van der Waals surface area contributed by atoms with Crippen LogP contribution in [0.1, 0.15) is 11.1 Å². The van der Waals surface area contributed by atoms with E-state index in [1.54, 1.807) is 12.1 Å². The van der Waals surface area contributed by atoms with E-state index in [0.717, 1.165) is 16.9 Å². The minimum Gasteiger partial charge on any atom is -0.493 e. The normalized spacial score (nSPS) is 10.3. The number of nitro benzene ring substituents is 1. The van der Waals surface area contributed by atoms with E-state index >= 15 is 0 Å². The third-order valence-electron chi connectivity index (χ3n) is 3.27. The molecule has 0 atom stereocenters. The zero-order valence-corrected chi connectivity index (χ0v) is 15.0. The van der Waals surface area contributed by atoms with Crippen LogP contribution >= 0.6 is 11.8 Å². The van der Waals surface area contributed by atoms with Crippen molar-refractivity contribution in [2.75, 3.05) is 23.4 Å². The number of non-ortho nitro benzene ring substituents is 1. The van der Waals surface area contributed by atoms with Crippen LogP contribution in [0.15, 0.2) is 42.5 Å². The molecule has 25 heavy (non-hydrogen) atoms. The highest BCUT2D eigenvalue weighted by Gasteiger charge is 2.08. The Labute approximate surface area is 150 Å². The van der Waals surface area contributed by atoms with Gasteiger partial charge in [-0.15, -0.1) is 11.8 Å². The number of benzene rings is 2. The Kier molecular flexibility index (Phi) is 6.82. The van der Waals surface area contributed by atoms with Crippen LogP contribution in [0.3, 0.4) is 0 Å². The van der Waals surface area contributed by atoms with Gasteiger partial charge in [-0.05, 0) is 43.2 Å². The number of hydrogen-bond acceptors (Lipinski definition) is 5. The lowest BCUT2D eigenvalue weighted by Gasteiger charge is -2.08. The van der Waals surface area contributed by atoms with Gasteiger partial charge in [0.2, 0.25) is 5.91 Å². The maximum atomic E-state index is 11.9. The Balaban J connectivity index is 1.70. The highest BCUT2D eigenvalue weighted by Crippen LogP contribution is 2.18. The second-order valence-electron chi connectivity index (χ2n) is 5.58. The SMILES string of the molecule is Cc1cc(C)cc(OCCSCC(=O)Nc2cccc([N+](=O)[O-])c2)c1. The monoisotopic (exact) mass is 360 g/mol. The number of nitrogens with one attached hydrogen (secondary N) is 1. The van der Waals surface area contributed by atoms with Gasteiger partial charge in [-0.3, -0.25) is 14.9 Å². The van der Waals surface area contributed by atoms with Gasteiger partial charge in [-0.1, -0.05) is 12.1 Å². The summed E-state index contributed by atoms with van der Waals surface area (Å²) in [4.78, 5) is 22.1. The zero-order chi connectivity index (χ0) is 18.2. The fourth-order valence-electron chi connectivity index (χ4n) is 2.29. The van der Waals surface area contributed by atoms with Crippen molar-refractivity contribution in [3.63, 3.8) is 0 Å². The minimum absolute atomic E-state index is 0.0488. The molecule has 2 rings (SSSR count).